The van der Waals surface area contributed by atoms with Crippen molar-refractivity contribution >= 4 is 22.6 Å². The summed E-state index contributed by atoms with van der Waals surface area (Å²) in [4.78, 5) is 11.0. The minimum Gasteiger partial charge on any atom is -0.397 e. The van der Waals surface area contributed by atoms with Crippen LogP contribution < -0.4 is 11.5 Å². The molecule has 2 aromatic rings. The van der Waals surface area contributed by atoms with Crippen molar-refractivity contribution in [1.82, 2.24) is 4.57 Å². The number of rotatable bonds is 0. The molecule has 0 bridgehead atoms. The highest BCUT2D eigenvalue weighted by Crippen LogP contribution is 2.22. The SMILES string of the molecule is NC(=O)n1cc(N)c2ccccc21. The number of nitrogens with two attached hydrogens (primary N) is 2. The zero-order valence-electron chi connectivity index (χ0n) is 6.90. The van der Waals surface area contributed by atoms with Crippen LogP contribution in [-0.4, -0.2) is 10.6 Å². The summed E-state index contributed by atoms with van der Waals surface area (Å²) >= 11 is 0. The number of primary amides is 1. The molecule has 0 aliphatic heterocycles. The zero-order valence-corrected chi connectivity index (χ0v) is 6.90. The second-order valence-electron chi connectivity index (χ2n) is 2.81. The quantitative estimate of drug-likeness (QED) is 0.630. The van der Waals surface area contributed by atoms with Gasteiger partial charge in [-0.25, -0.2) is 4.79 Å². The standard InChI is InChI=1S/C9H9N3O/c10-7-5-12(9(11)13)8-4-2-1-3-6(7)8/h1-5H,10H2,(H2,11,13). The van der Waals surface area contributed by atoms with Crippen LogP contribution in [0.4, 0.5) is 10.5 Å². The van der Waals surface area contributed by atoms with Crippen LogP contribution in [0.1, 0.15) is 0 Å². The molecule has 1 aromatic heterocycles. The normalized spacial score (nSPS) is 10.5. The zero-order chi connectivity index (χ0) is 9.42. The summed E-state index contributed by atoms with van der Waals surface area (Å²) in [6.07, 6.45) is 1.53. The number of carbonyl (C=O) groups is 1. The number of anilines is 1. The number of hydrogen-bond acceptors (Lipinski definition) is 2. The third-order valence-corrected chi connectivity index (χ3v) is 1.98. The van der Waals surface area contributed by atoms with Crippen molar-refractivity contribution in [2.45, 2.75) is 0 Å². The van der Waals surface area contributed by atoms with E-state index in [2.05, 4.69) is 0 Å². The Labute approximate surface area is 74.7 Å². The Kier molecular flexibility index (Phi) is 1.48. The highest BCUT2D eigenvalue weighted by molar-refractivity contribution is 5.98. The lowest BCUT2D eigenvalue weighted by Crippen LogP contribution is -2.18. The van der Waals surface area contributed by atoms with Gasteiger partial charge in [-0.2, -0.15) is 0 Å². The van der Waals surface area contributed by atoms with Crippen molar-refractivity contribution in [1.29, 1.82) is 0 Å². The Morgan fingerprint density at radius 3 is 2.69 bits per heavy atom. The van der Waals surface area contributed by atoms with Crippen molar-refractivity contribution < 1.29 is 4.79 Å². The smallest absolute Gasteiger partial charge is 0.323 e. The molecule has 0 unspecified atom stereocenters. The third kappa shape index (κ3) is 1.03. The predicted molar refractivity (Wildman–Crippen MR) is 51.3 cm³/mol. The number of aromatic nitrogens is 1. The minimum atomic E-state index is -0.520. The first-order valence-electron chi connectivity index (χ1n) is 3.85. The molecule has 0 fully saturated rings. The van der Waals surface area contributed by atoms with Gasteiger partial charge in [0, 0.05) is 11.6 Å². The van der Waals surface area contributed by atoms with Gasteiger partial charge >= 0.3 is 6.03 Å². The first-order chi connectivity index (χ1) is 6.20. The van der Waals surface area contributed by atoms with Crippen molar-refractivity contribution in [2.24, 2.45) is 5.73 Å². The Balaban J connectivity index is 2.85. The second-order valence-corrected chi connectivity index (χ2v) is 2.81. The molecule has 1 amide bonds. The Morgan fingerprint density at radius 1 is 1.31 bits per heavy atom. The summed E-state index contributed by atoms with van der Waals surface area (Å²) in [7, 11) is 0. The van der Waals surface area contributed by atoms with Gasteiger partial charge in [-0.1, -0.05) is 18.2 Å². The van der Waals surface area contributed by atoms with Crippen molar-refractivity contribution in [2.75, 3.05) is 5.73 Å². The van der Waals surface area contributed by atoms with E-state index >= 15 is 0 Å². The summed E-state index contributed by atoms with van der Waals surface area (Å²) in [5.41, 5.74) is 12.2. The van der Waals surface area contributed by atoms with Gasteiger partial charge in [0.2, 0.25) is 0 Å². The van der Waals surface area contributed by atoms with E-state index in [9.17, 15) is 4.79 Å². The van der Waals surface area contributed by atoms with Gasteiger partial charge in [0.1, 0.15) is 0 Å². The molecular formula is C9H9N3O. The molecule has 4 nitrogen and oxygen atoms in total. The van der Waals surface area contributed by atoms with Gasteiger partial charge in [0.15, 0.2) is 0 Å². The largest absolute Gasteiger partial charge is 0.397 e. The molecule has 0 atom stereocenters. The number of hydrogen-bond donors (Lipinski definition) is 2. The highest BCUT2D eigenvalue weighted by atomic mass is 16.2. The minimum absolute atomic E-state index is 0.520. The van der Waals surface area contributed by atoms with Crippen LogP contribution in [0.15, 0.2) is 30.5 Å². The van der Waals surface area contributed by atoms with E-state index in [4.69, 9.17) is 11.5 Å². The maximum Gasteiger partial charge on any atom is 0.323 e. The Hall–Kier alpha value is -1.97. The lowest BCUT2D eigenvalue weighted by Gasteiger charge is -1.96. The average molecular weight is 175 g/mol. The van der Waals surface area contributed by atoms with Crippen molar-refractivity contribution in [3.05, 3.63) is 30.5 Å². The van der Waals surface area contributed by atoms with E-state index in [1.54, 1.807) is 6.07 Å². The highest BCUT2D eigenvalue weighted by Gasteiger charge is 2.07. The topological polar surface area (TPSA) is 74.0 Å². The number of nitrogen functional groups attached to an aromatic ring is 1. The van der Waals surface area contributed by atoms with Gasteiger partial charge in [-0.15, -0.1) is 0 Å². The van der Waals surface area contributed by atoms with Gasteiger partial charge in [0.05, 0.1) is 11.2 Å². The molecule has 0 spiro atoms. The van der Waals surface area contributed by atoms with Crippen LogP contribution in [0, 0.1) is 0 Å². The fraction of sp³-hybridized carbons (Fsp3) is 0. The molecular weight excluding hydrogens is 166 g/mol. The summed E-state index contributed by atoms with van der Waals surface area (Å²) in [6.45, 7) is 0. The Morgan fingerprint density at radius 2 is 2.00 bits per heavy atom. The fourth-order valence-electron chi connectivity index (χ4n) is 1.39. The predicted octanol–water partition coefficient (Wildman–Crippen LogP) is 1.15. The van der Waals surface area contributed by atoms with Gasteiger partial charge in [0.25, 0.3) is 0 Å². The van der Waals surface area contributed by atoms with Crippen LogP contribution in [0.2, 0.25) is 0 Å². The Bertz CT molecular complexity index is 473. The molecule has 66 valence electrons. The summed E-state index contributed by atoms with van der Waals surface area (Å²) in [5.74, 6) is 0. The summed E-state index contributed by atoms with van der Waals surface area (Å²) in [6, 6.07) is 6.83. The van der Waals surface area contributed by atoms with E-state index in [0.717, 1.165) is 10.9 Å². The number of amides is 1. The van der Waals surface area contributed by atoms with Crippen molar-refractivity contribution in [3.63, 3.8) is 0 Å². The monoisotopic (exact) mass is 175 g/mol. The first-order valence-corrected chi connectivity index (χ1v) is 3.85. The molecule has 0 saturated carbocycles. The number of fused-ring (bicyclic) bond motifs is 1. The van der Waals surface area contributed by atoms with Crippen LogP contribution in [0.25, 0.3) is 10.9 Å². The number of para-hydroxylation sites is 1. The van der Waals surface area contributed by atoms with Crippen LogP contribution >= 0.6 is 0 Å². The molecule has 13 heavy (non-hydrogen) atoms. The van der Waals surface area contributed by atoms with Crippen LogP contribution in [-0.2, 0) is 0 Å². The summed E-state index contributed by atoms with van der Waals surface area (Å²) in [5, 5.41) is 0.848. The van der Waals surface area contributed by atoms with Gasteiger partial charge in [-0.3, -0.25) is 4.57 Å². The second kappa shape index (κ2) is 2.52. The molecule has 1 heterocycles. The average Bonchev–Trinajstić information content (AvgIpc) is 2.45. The fourth-order valence-corrected chi connectivity index (χ4v) is 1.39. The number of benzene rings is 1. The maximum absolute atomic E-state index is 11.0. The lowest BCUT2D eigenvalue weighted by molar-refractivity contribution is 0.251. The number of carbonyl (C=O) groups excluding carboxylic acids is 1. The van der Waals surface area contributed by atoms with E-state index in [1.807, 2.05) is 18.2 Å². The van der Waals surface area contributed by atoms with Crippen LogP contribution in [0.3, 0.4) is 0 Å². The first kappa shape index (κ1) is 7.67. The van der Waals surface area contributed by atoms with Crippen LogP contribution in [0.5, 0.6) is 0 Å². The molecule has 1 aromatic carbocycles. The van der Waals surface area contributed by atoms with E-state index in [-0.39, 0.29) is 0 Å². The molecule has 0 radical (unpaired) electrons. The number of nitrogens with zero attached hydrogens (tertiary/aromatic N) is 1. The van der Waals surface area contributed by atoms with Gasteiger partial charge < -0.3 is 11.5 Å². The van der Waals surface area contributed by atoms with E-state index < -0.39 is 6.03 Å². The lowest BCUT2D eigenvalue weighted by atomic mass is 10.2. The molecule has 4 N–H and O–H groups in total. The molecule has 0 saturated heterocycles. The molecule has 0 aliphatic rings. The molecule has 2 rings (SSSR count). The maximum atomic E-state index is 11.0. The van der Waals surface area contributed by atoms with Gasteiger partial charge in [-0.05, 0) is 6.07 Å². The molecule has 0 aliphatic carbocycles. The summed E-state index contributed by atoms with van der Waals surface area (Å²) < 4.78 is 1.34. The van der Waals surface area contributed by atoms with E-state index in [1.165, 1.54) is 10.8 Å². The molecule has 4 heteroatoms. The van der Waals surface area contributed by atoms with E-state index in [0.29, 0.717) is 5.69 Å². The third-order valence-electron chi connectivity index (χ3n) is 1.98. The van der Waals surface area contributed by atoms with Crippen molar-refractivity contribution in [3.8, 4) is 0 Å².